The molecule has 2 N–H and O–H groups in total. The molecule has 0 aliphatic carbocycles. The number of benzene rings is 1. The lowest BCUT2D eigenvalue weighted by Crippen LogP contribution is -1.97. The van der Waals surface area contributed by atoms with Gasteiger partial charge >= 0.3 is 0 Å². The van der Waals surface area contributed by atoms with E-state index >= 15 is 0 Å². The molecule has 0 unspecified atom stereocenters. The van der Waals surface area contributed by atoms with Crippen LogP contribution >= 0.6 is 0 Å². The Morgan fingerprint density at radius 1 is 1.19 bits per heavy atom. The molecule has 3 aromatic rings. The molecule has 0 saturated heterocycles. The lowest BCUT2D eigenvalue weighted by Gasteiger charge is -2.03. The van der Waals surface area contributed by atoms with Crippen molar-refractivity contribution < 1.29 is 8.81 Å². The average molecular weight is 285 g/mol. The molecule has 0 bridgehead atoms. The highest BCUT2D eigenvalue weighted by Gasteiger charge is 2.20. The van der Waals surface area contributed by atoms with E-state index in [-0.39, 0.29) is 5.82 Å². The fourth-order valence-electron chi connectivity index (χ4n) is 2.49. The van der Waals surface area contributed by atoms with Gasteiger partial charge in [0, 0.05) is 12.6 Å². The van der Waals surface area contributed by atoms with Crippen LogP contribution < -0.4 is 5.73 Å². The van der Waals surface area contributed by atoms with Gasteiger partial charge in [-0.15, -0.1) is 0 Å². The van der Waals surface area contributed by atoms with Crippen molar-refractivity contribution in [2.75, 3.05) is 5.73 Å². The summed E-state index contributed by atoms with van der Waals surface area (Å²) >= 11 is 0. The maximum absolute atomic E-state index is 13.1. The van der Waals surface area contributed by atoms with E-state index in [1.807, 2.05) is 19.9 Å². The van der Waals surface area contributed by atoms with Gasteiger partial charge in [-0.3, -0.25) is 4.68 Å². The van der Waals surface area contributed by atoms with Gasteiger partial charge in [-0.2, -0.15) is 5.10 Å². The molecular formula is C16H16FN3O. The molecule has 5 heteroatoms. The summed E-state index contributed by atoms with van der Waals surface area (Å²) in [6, 6.07) is 8.17. The molecule has 4 nitrogen and oxygen atoms in total. The molecule has 0 radical (unpaired) electrons. The number of nitrogen functional groups attached to an aromatic ring is 1. The molecule has 0 spiro atoms. The van der Waals surface area contributed by atoms with Gasteiger partial charge < -0.3 is 10.2 Å². The first-order valence-corrected chi connectivity index (χ1v) is 6.63. The summed E-state index contributed by atoms with van der Waals surface area (Å²) in [5, 5.41) is 4.49. The Hall–Kier alpha value is -2.56. The van der Waals surface area contributed by atoms with Gasteiger partial charge in [-0.05, 0) is 37.6 Å². The molecule has 108 valence electrons. The molecule has 2 heterocycles. The first-order chi connectivity index (χ1) is 9.97. The van der Waals surface area contributed by atoms with Crippen molar-refractivity contribution in [3.8, 4) is 22.4 Å². The zero-order valence-electron chi connectivity index (χ0n) is 12.1. The van der Waals surface area contributed by atoms with Gasteiger partial charge in [-0.25, -0.2) is 4.39 Å². The summed E-state index contributed by atoms with van der Waals surface area (Å²) in [7, 11) is 1.79. The second-order valence-electron chi connectivity index (χ2n) is 5.07. The van der Waals surface area contributed by atoms with Gasteiger partial charge in [-0.1, -0.05) is 12.1 Å². The van der Waals surface area contributed by atoms with Crippen molar-refractivity contribution in [1.82, 2.24) is 9.78 Å². The minimum atomic E-state index is -0.280. The predicted octanol–water partition coefficient (Wildman–Crippen LogP) is 3.69. The minimum Gasteiger partial charge on any atom is -0.466 e. The predicted molar refractivity (Wildman–Crippen MR) is 80.2 cm³/mol. The molecule has 3 rings (SSSR count). The van der Waals surface area contributed by atoms with Crippen LogP contribution in [-0.4, -0.2) is 9.78 Å². The fourth-order valence-corrected chi connectivity index (χ4v) is 2.49. The maximum Gasteiger partial charge on any atom is 0.129 e. The first-order valence-electron chi connectivity index (χ1n) is 6.63. The van der Waals surface area contributed by atoms with Crippen LogP contribution in [0.3, 0.4) is 0 Å². The van der Waals surface area contributed by atoms with E-state index in [9.17, 15) is 4.39 Å². The van der Waals surface area contributed by atoms with E-state index in [1.165, 1.54) is 12.1 Å². The molecule has 0 saturated carbocycles. The fraction of sp³-hybridized carbons (Fsp3) is 0.188. The van der Waals surface area contributed by atoms with Crippen LogP contribution in [0.15, 0.2) is 34.7 Å². The topological polar surface area (TPSA) is 57.0 Å². The molecule has 0 aliphatic heterocycles. The number of aromatic nitrogens is 2. The van der Waals surface area contributed by atoms with Gasteiger partial charge in [0.1, 0.15) is 28.8 Å². The quantitative estimate of drug-likeness (QED) is 0.781. The van der Waals surface area contributed by atoms with Gasteiger partial charge in [0.05, 0.1) is 5.56 Å². The number of nitrogens with zero attached hydrogens (tertiary/aromatic N) is 2. The standard InChI is InChI=1S/C16H16FN3O/c1-9-8-13(10(2)21-9)15-14(16(18)20(3)19-15)11-4-6-12(17)7-5-11/h4-8H,18H2,1-3H3. The van der Waals surface area contributed by atoms with Crippen molar-refractivity contribution in [1.29, 1.82) is 0 Å². The Labute approximate surface area is 122 Å². The van der Waals surface area contributed by atoms with Crippen molar-refractivity contribution in [2.45, 2.75) is 13.8 Å². The van der Waals surface area contributed by atoms with Gasteiger partial charge in [0.2, 0.25) is 0 Å². The lowest BCUT2D eigenvalue weighted by atomic mass is 10.0. The SMILES string of the molecule is Cc1cc(-c2nn(C)c(N)c2-c2ccc(F)cc2)c(C)o1. The summed E-state index contributed by atoms with van der Waals surface area (Å²) in [6.07, 6.45) is 0. The number of anilines is 1. The van der Waals surface area contributed by atoms with E-state index in [1.54, 1.807) is 23.9 Å². The highest BCUT2D eigenvalue weighted by Crippen LogP contribution is 2.38. The maximum atomic E-state index is 13.1. The second kappa shape index (κ2) is 4.77. The minimum absolute atomic E-state index is 0.280. The summed E-state index contributed by atoms with van der Waals surface area (Å²) in [5.74, 6) is 1.86. The highest BCUT2D eigenvalue weighted by atomic mass is 19.1. The molecule has 1 aromatic carbocycles. The normalized spacial score (nSPS) is 11.0. The van der Waals surface area contributed by atoms with Crippen molar-refractivity contribution in [3.63, 3.8) is 0 Å². The average Bonchev–Trinajstić information content (AvgIpc) is 2.92. The number of furan rings is 1. The summed E-state index contributed by atoms with van der Waals surface area (Å²) in [5.41, 5.74) is 9.41. The number of halogens is 1. The molecule has 0 fully saturated rings. The van der Waals surface area contributed by atoms with Crippen LogP contribution in [0.25, 0.3) is 22.4 Å². The monoisotopic (exact) mass is 285 g/mol. The van der Waals surface area contributed by atoms with E-state index in [2.05, 4.69) is 5.10 Å². The first kappa shape index (κ1) is 13.4. The summed E-state index contributed by atoms with van der Waals surface area (Å²) < 4.78 is 20.3. The molecule has 0 aliphatic rings. The van der Waals surface area contributed by atoms with Crippen molar-refractivity contribution in [3.05, 3.63) is 47.7 Å². The van der Waals surface area contributed by atoms with E-state index in [4.69, 9.17) is 10.2 Å². The Bertz CT molecular complexity index is 800. The van der Waals surface area contributed by atoms with Crippen LogP contribution in [0.2, 0.25) is 0 Å². The van der Waals surface area contributed by atoms with Crippen LogP contribution in [0.4, 0.5) is 10.2 Å². The van der Waals surface area contributed by atoms with Crippen LogP contribution in [0.1, 0.15) is 11.5 Å². The third kappa shape index (κ3) is 2.20. The van der Waals surface area contributed by atoms with Gasteiger partial charge in [0.25, 0.3) is 0 Å². The van der Waals surface area contributed by atoms with Crippen LogP contribution in [0.5, 0.6) is 0 Å². The molecule has 2 aromatic heterocycles. The third-order valence-corrected chi connectivity index (χ3v) is 3.52. The number of hydrogen-bond donors (Lipinski definition) is 1. The summed E-state index contributed by atoms with van der Waals surface area (Å²) in [6.45, 7) is 3.78. The third-order valence-electron chi connectivity index (χ3n) is 3.52. The molecular weight excluding hydrogens is 269 g/mol. The Kier molecular flexibility index (Phi) is 3.05. The van der Waals surface area contributed by atoms with Crippen molar-refractivity contribution in [2.24, 2.45) is 7.05 Å². The Morgan fingerprint density at radius 3 is 2.43 bits per heavy atom. The Balaban J connectivity index is 2.25. The highest BCUT2D eigenvalue weighted by molar-refractivity contribution is 5.88. The molecule has 0 amide bonds. The van der Waals surface area contributed by atoms with Crippen LogP contribution in [0, 0.1) is 19.7 Å². The van der Waals surface area contributed by atoms with E-state index in [0.29, 0.717) is 5.82 Å². The number of nitrogens with two attached hydrogens (primary N) is 1. The zero-order valence-corrected chi connectivity index (χ0v) is 12.1. The van der Waals surface area contributed by atoms with E-state index < -0.39 is 0 Å². The number of hydrogen-bond acceptors (Lipinski definition) is 3. The number of aryl methyl sites for hydroxylation is 3. The van der Waals surface area contributed by atoms with Crippen molar-refractivity contribution >= 4 is 5.82 Å². The van der Waals surface area contributed by atoms with Crippen LogP contribution in [-0.2, 0) is 7.05 Å². The smallest absolute Gasteiger partial charge is 0.129 e. The van der Waals surface area contributed by atoms with Gasteiger partial charge in [0.15, 0.2) is 0 Å². The lowest BCUT2D eigenvalue weighted by molar-refractivity contribution is 0.505. The largest absolute Gasteiger partial charge is 0.466 e. The van der Waals surface area contributed by atoms with E-state index in [0.717, 1.165) is 33.9 Å². The molecule has 0 atom stereocenters. The Morgan fingerprint density at radius 2 is 1.86 bits per heavy atom. The second-order valence-corrected chi connectivity index (χ2v) is 5.07. The summed E-state index contributed by atoms with van der Waals surface area (Å²) in [4.78, 5) is 0. The zero-order chi connectivity index (χ0) is 15.1. The molecule has 21 heavy (non-hydrogen) atoms. The number of rotatable bonds is 2.